The molecule has 9 nitrogen and oxygen atoms in total. The Hall–Kier alpha value is -3.18. The fourth-order valence-electron chi connectivity index (χ4n) is 7.20. The van der Waals surface area contributed by atoms with Gasteiger partial charge in [0.05, 0.1) is 6.04 Å². The summed E-state index contributed by atoms with van der Waals surface area (Å²) in [6.45, 7) is 10.4. The molecular formula is C38H55FN4O5S. The zero-order valence-electron chi connectivity index (χ0n) is 30.2. The fourth-order valence-corrected chi connectivity index (χ4v) is 8.04. The van der Waals surface area contributed by atoms with Crippen molar-refractivity contribution in [2.75, 3.05) is 20.6 Å². The topological polar surface area (TPSA) is 109 Å². The van der Waals surface area contributed by atoms with E-state index in [1.165, 1.54) is 24.3 Å². The van der Waals surface area contributed by atoms with E-state index in [-0.39, 0.29) is 77.3 Å². The second-order valence-corrected chi connectivity index (χ2v) is 15.8. The molecule has 1 aromatic heterocycles. The van der Waals surface area contributed by atoms with Crippen LogP contribution in [0.25, 0.3) is 0 Å². The number of ether oxygens (including phenoxy) is 1. The number of aromatic nitrogens is 1. The summed E-state index contributed by atoms with van der Waals surface area (Å²) in [4.78, 5) is 61.7. The fraction of sp³-hybridized carbons (Fsp3) is 0.658. The maximum absolute atomic E-state index is 14.4. The molecule has 11 heteroatoms. The average Bonchev–Trinajstić information content (AvgIpc) is 3.76. The van der Waals surface area contributed by atoms with E-state index < -0.39 is 12.1 Å². The first-order chi connectivity index (χ1) is 23.2. The van der Waals surface area contributed by atoms with Crippen LogP contribution in [-0.2, 0) is 25.5 Å². The van der Waals surface area contributed by atoms with Crippen molar-refractivity contribution < 1.29 is 28.3 Å². The van der Waals surface area contributed by atoms with Gasteiger partial charge in [-0.05, 0) is 81.5 Å². The van der Waals surface area contributed by atoms with E-state index in [2.05, 4.69) is 29.0 Å². The number of piperidine rings is 1. The molecule has 4 rings (SSSR count). The zero-order chi connectivity index (χ0) is 35.8. The molecule has 2 amide bonds. The zero-order valence-corrected chi connectivity index (χ0v) is 31.1. The highest BCUT2D eigenvalue weighted by molar-refractivity contribution is 7.09. The Kier molecular flexibility index (Phi) is 13.9. The Balaban J connectivity index is 1.48. The molecule has 0 radical (unpaired) electrons. The van der Waals surface area contributed by atoms with Gasteiger partial charge in [-0.1, -0.05) is 52.3 Å². The van der Waals surface area contributed by atoms with Crippen LogP contribution in [0.1, 0.15) is 113 Å². The number of ketones is 1. The largest absolute Gasteiger partial charge is 0.455 e. The Morgan fingerprint density at radius 3 is 2.41 bits per heavy atom. The van der Waals surface area contributed by atoms with E-state index in [0.29, 0.717) is 29.8 Å². The highest BCUT2D eigenvalue weighted by atomic mass is 32.1. The molecule has 0 unspecified atom stereocenters. The van der Waals surface area contributed by atoms with Crippen LogP contribution in [0.15, 0.2) is 29.6 Å². The lowest BCUT2D eigenvalue weighted by molar-refractivity contribution is -0.149. The van der Waals surface area contributed by atoms with Crippen LogP contribution in [0.4, 0.5) is 4.39 Å². The van der Waals surface area contributed by atoms with Gasteiger partial charge in [0.15, 0.2) is 11.9 Å². The Morgan fingerprint density at radius 2 is 1.80 bits per heavy atom. The predicted molar refractivity (Wildman–Crippen MR) is 190 cm³/mol. The molecular weight excluding hydrogens is 644 g/mol. The third-order valence-electron chi connectivity index (χ3n) is 10.00. The lowest BCUT2D eigenvalue weighted by Gasteiger charge is -2.36. The molecule has 0 spiro atoms. The van der Waals surface area contributed by atoms with E-state index >= 15 is 0 Å². The summed E-state index contributed by atoms with van der Waals surface area (Å²) in [5.41, 5.74) is 0.736. The number of carbonyl (C=O) groups excluding carboxylic acids is 4. The number of thiazole rings is 1. The van der Waals surface area contributed by atoms with E-state index in [0.717, 1.165) is 38.6 Å². The van der Waals surface area contributed by atoms with Crippen LogP contribution in [0.3, 0.4) is 0 Å². The van der Waals surface area contributed by atoms with Crippen LogP contribution in [0.2, 0.25) is 0 Å². The number of amides is 2. The SMILES string of the molecule is CC(=O)O[C@H](C[C@H](C(C)C)N(C)C(=O)[C@@H](CC(=O)[C@H]1CCCCN1C)C1CC1)c1nc(C(=O)N[C@@H](Cc2ccccc2F)CC(C)C)cs1. The minimum absolute atomic E-state index is 0.0185. The molecule has 1 saturated heterocycles. The first-order valence-electron chi connectivity index (χ1n) is 17.9. The lowest BCUT2D eigenvalue weighted by atomic mass is 9.88. The molecule has 2 fully saturated rings. The maximum atomic E-state index is 14.4. The van der Waals surface area contributed by atoms with Gasteiger partial charge in [-0.15, -0.1) is 11.3 Å². The van der Waals surface area contributed by atoms with Gasteiger partial charge in [-0.25, -0.2) is 9.37 Å². The van der Waals surface area contributed by atoms with Gasteiger partial charge in [-0.3, -0.25) is 24.1 Å². The minimum Gasteiger partial charge on any atom is -0.455 e. The Bertz CT molecular complexity index is 1440. The molecule has 0 bridgehead atoms. The van der Waals surface area contributed by atoms with Gasteiger partial charge in [-0.2, -0.15) is 0 Å². The average molecular weight is 699 g/mol. The van der Waals surface area contributed by atoms with Crippen molar-refractivity contribution in [3.63, 3.8) is 0 Å². The van der Waals surface area contributed by atoms with Crippen LogP contribution in [0.5, 0.6) is 0 Å². The number of rotatable bonds is 17. The molecule has 2 aliphatic rings. The van der Waals surface area contributed by atoms with Gasteiger partial charge >= 0.3 is 5.97 Å². The molecule has 1 aromatic carbocycles. The minimum atomic E-state index is -0.770. The van der Waals surface area contributed by atoms with Gasteiger partial charge in [0.2, 0.25) is 5.91 Å². The van der Waals surface area contributed by atoms with Crippen molar-refractivity contribution in [2.24, 2.45) is 23.7 Å². The number of likely N-dealkylation sites (tertiary alicyclic amines) is 1. The number of hydrogen-bond acceptors (Lipinski definition) is 8. The number of likely N-dealkylation sites (N-methyl/N-ethyl adjacent to an activating group) is 1. The summed E-state index contributed by atoms with van der Waals surface area (Å²) >= 11 is 1.23. The molecule has 270 valence electrons. The third kappa shape index (κ3) is 10.9. The molecule has 5 atom stereocenters. The number of esters is 1. The Labute approximate surface area is 295 Å². The summed E-state index contributed by atoms with van der Waals surface area (Å²) in [6.07, 6.45) is 5.65. The molecule has 1 N–H and O–H groups in total. The van der Waals surface area contributed by atoms with E-state index in [4.69, 9.17) is 4.74 Å². The third-order valence-corrected chi connectivity index (χ3v) is 10.9. The van der Waals surface area contributed by atoms with E-state index in [1.807, 2.05) is 20.9 Å². The molecule has 1 aliphatic heterocycles. The molecule has 1 aliphatic carbocycles. The van der Waals surface area contributed by atoms with Crippen molar-refractivity contribution in [2.45, 2.75) is 117 Å². The summed E-state index contributed by atoms with van der Waals surface area (Å²) < 4.78 is 20.2. The highest BCUT2D eigenvalue weighted by Crippen LogP contribution is 2.41. The normalized spacial score (nSPS) is 19.3. The van der Waals surface area contributed by atoms with E-state index in [1.54, 1.807) is 35.5 Å². The summed E-state index contributed by atoms with van der Waals surface area (Å²) in [5, 5.41) is 5.16. The Morgan fingerprint density at radius 1 is 1.08 bits per heavy atom. The maximum Gasteiger partial charge on any atom is 0.303 e. The number of Topliss-reactive ketones (excluding diaryl/α,β-unsaturated/α-hetero) is 1. The lowest BCUT2D eigenvalue weighted by Crippen LogP contribution is -2.47. The first kappa shape index (κ1) is 38.6. The number of hydrogen-bond donors (Lipinski definition) is 1. The molecule has 2 heterocycles. The number of nitrogens with one attached hydrogen (secondary N) is 1. The van der Waals surface area contributed by atoms with Gasteiger partial charge in [0.1, 0.15) is 16.5 Å². The summed E-state index contributed by atoms with van der Waals surface area (Å²) in [6, 6.07) is 5.85. The molecule has 2 aromatic rings. The number of halogens is 1. The van der Waals surface area contributed by atoms with E-state index in [9.17, 15) is 23.6 Å². The van der Waals surface area contributed by atoms with Crippen molar-refractivity contribution in [1.82, 2.24) is 20.1 Å². The predicted octanol–water partition coefficient (Wildman–Crippen LogP) is 6.62. The molecule has 1 saturated carbocycles. The monoisotopic (exact) mass is 698 g/mol. The van der Waals surface area contributed by atoms with Crippen LogP contribution >= 0.6 is 11.3 Å². The molecule has 49 heavy (non-hydrogen) atoms. The smallest absolute Gasteiger partial charge is 0.303 e. The number of nitrogens with zero attached hydrogens (tertiary/aromatic N) is 3. The van der Waals surface area contributed by atoms with Crippen molar-refractivity contribution >= 4 is 34.9 Å². The van der Waals surface area contributed by atoms with Gasteiger partial charge in [0, 0.05) is 50.2 Å². The van der Waals surface area contributed by atoms with Crippen LogP contribution in [-0.4, -0.2) is 77.1 Å². The van der Waals surface area contributed by atoms with Crippen molar-refractivity contribution in [1.29, 1.82) is 0 Å². The van der Waals surface area contributed by atoms with Crippen molar-refractivity contribution in [3.05, 3.63) is 51.7 Å². The quantitative estimate of drug-likeness (QED) is 0.185. The summed E-state index contributed by atoms with van der Waals surface area (Å²) in [7, 11) is 3.78. The second-order valence-electron chi connectivity index (χ2n) is 14.9. The number of carbonyl (C=O) groups is 4. The number of benzene rings is 1. The first-order valence-corrected chi connectivity index (χ1v) is 18.8. The van der Waals surface area contributed by atoms with Crippen LogP contribution < -0.4 is 5.32 Å². The standard InChI is InChI=1S/C38H55FN4O5S/c1-23(2)18-28(19-27-12-8-9-13-30(27)39)40-36(46)31-22-49-37(41-31)35(48-25(5)44)21-33(24(3)4)43(7)38(47)29(26-15-16-26)20-34(45)32-14-10-11-17-42(32)6/h8-9,12-13,22-24,26,28-29,32-33,35H,10-11,14-21H2,1-7H3,(H,40,46)/t28-,29+,32-,33-,35-/m1/s1. The van der Waals surface area contributed by atoms with Gasteiger partial charge < -0.3 is 15.0 Å². The van der Waals surface area contributed by atoms with Crippen molar-refractivity contribution in [3.8, 4) is 0 Å². The highest BCUT2D eigenvalue weighted by Gasteiger charge is 2.42. The second kappa shape index (κ2) is 17.7. The van der Waals surface area contributed by atoms with Gasteiger partial charge in [0.25, 0.3) is 5.91 Å². The summed E-state index contributed by atoms with van der Waals surface area (Å²) in [5.74, 6) is -0.914. The van der Waals surface area contributed by atoms with Crippen LogP contribution in [0, 0.1) is 29.5 Å².